The number of benzene rings is 1. The van der Waals surface area contributed by atoms with Gasteiger partial charge in [-0.15, -0.1) is 0 Å². The molecule has 2 N–H and O–H groups in total. The number of carboxylic acid groups (broad SMARTS) is 1. The number of aromatic nitrogens is 2. The van der Waals surface area contributed by atoms with E-state index in [4.69, 9.17) is 0 Å². The first kappa shape index (κ1) is 11.9. The van der Waals surface area contributed by atoms with Crippen LogP contribution in [0.15, 0.2) is 24.3 Å². The molecule has 0 unspecified atom stereocenters. The van der Waals surface area contributed by atoms with E-state index in [2.05, 4.69) is 9.97 Å². The Kier molecular flexibility index (Phi) is 2.45. The number of H-pyrrole nitrogens is 1. The maximum absolute atomic E-state index is 12.9. The van der Waals surface area contributed by atoms with Crippen LogP contribution in [-0.2, 0) is 10.2 Å². The van der Waals surface area contributed by atoms with Crippen molar-refractivity contribution >= 4 is 5.97 Å². The summed E-state index contributed by atoms with van der Waals surface area (Å²) in [4.78, 5) is 18.7. The van der Waals surface area contributed by atoms with E-state index in [0.717, 1.165) is 11.3 Å². The molecule has 19 heavy (non-hydrogen) atoms. The highest BCUT2D eigenvalue weighted by Gasteiger charge is 2.54. The summed E-state index contributed by atoms with van der Waals surface area (Å²) < 4.78 is 12.9. The SMILES string of the molecule is Cc1[nH]c(C2(C(=O)O)CC2)nc1-c1ccc(F)cc1. The first-order chi connectivity index (χ1) is 9.03. The highest BCUT2D eigenvalue weighted by atomic mass is 19.1. The summed E-state index contributed by atoms with van der Waals surface area (Å²) in [5.41, 5.74) is 1.42. The van der Waals surface area contributed by atoms with Crippen molar-refractivity contribution in [2.45, 2.75) is 25.2 Å². The number of hydrogen-bond donors (Lipinski definition) is 2. The molecule has 0 radical (unpaired) electrons. The average molecular weight is 260 g/mol. The first-order valence-electron chi connectivity index (χ1n) is 6.09. The number of carboxylic acids is 1. The lowest BCUT2D eigenvalue weighted by molar-refractivity contribution is -0.140. The number of halogens is 1. The van der Waals surface area contributed by atoms with Crippen LogP contribution in [0.2, 0.25) is 0 Å². The van der Waals surface area contributed by atoms with Crippen molar-refractivity contribution in [3.8, 4) is 11.3 Å². The topological polar surface area (TPSA) is 66.0 Å². The summed E-state index contributed by atoms with van der Waals surface area (Å²) in [6, 6.07) is 6.02. The molecule has 0 atom stereocenters. The summed E-state index contributed by atoms with van der Waals surface area (Å²) in [7, 11) is 0. The third kappa shape index (κ3) is 1.82. The molecule has 2 aromatic rings. The third-order valence-corrected chi connectivity index (χ3v) is 3.62. The molecule has 3 rings (SSSR count). The molecule has 1 aliphatic carbocycles. The Balaban J connectivity index is 2.03. The van der Waals surface area contributed by atoms with Gasteiger partial charge in [-0.3, -0.25) is 4.79 Å². The molecule has 1 aromatic heterocycles. The van der Waals surface area contributed by atoms with Gasteiger partial charge in [-0.2, -0.15) is 0 Å². The van der Waals surface area contributed by atoms with E-state index in [1.54, 1.807) is 12.1 Å². The number of imidazole rings is 1. The molecule has 1 aliphatic rings. The van der Waals surface area contributed by atoms with Gasteiger partial charge in [-0.25, -0.2) is 9.37 Å². The Morgan fingerprint density at radius 2 is 2.00 bits per heavy atom. The van der Waals surface area contributed by atoms with Gasteiger partial charge in [0.15, 0.2) is 0 Å². The molecule has 98 valence electrons. The van der Waals surface area contributed by atoms with Gasteiger partial charge in [-0.1, -0.05) is 0 Å². The molecule has 0 amide bonds. The van der Waals surface area contributed by atoms with Gasteiger partial charge in [0.25, 0.3) is 0 Å². The second kappa shape index (κ2) is 3.91. The predicted octanol–water partition coefficient (Wildman–Crippen LogP) is 2.64. The number of hydrogen-bond acceptors (Lipinski definition) is 2. The maximum atomic E-state index is 12.9. The molecule has 1 fully saturated rings. The quantitative estimate of drug-likeness (QED) is 0.891. The molecule has 1 saturated carbocycles. The summed E-state index contributed by atoms with van der Waals surface area (Å²) >= 11 is 0. The Bertz CT molecular complexity index is 642. The van der Waals surface area contributed by atoms with Gasteiger partial charge in [0.2, 0.25) is 0 Å². The lowest BCUT2D eigenvalue weighted by Crippen LogP contribution is -2.21. The third-order valence-electron chi connectivity index (χ3n) is 3.62. The van der Waals surface area contributed by atoms with Crippen LogP contribution in [0.1, 0.15) is 24.4 Å². The maximum Gasteiger partial charge on any atom is 0.317 e. The summed E-state index contributed by atoms with van der Waals surface area (Å²) in [6.45, 7) is 1.84. The van der Waals surface area contributed by atoms with Crippen molar-refractivity contribution in [1.29, 1.82) is 0 Å². The minimum atomic E-state index is -0.844. The summed E-state index contributed by atoms with van der Waals surface area (Å²) in [6.07, 6.45) is 1.22. The van der Waals surface area contributed by atoms with Crippen molar-refractivity contribution in [3.63, 3.8) is 0 Å². The Morgan fingerprint density at radius 3 is 2.53 bits per heavy atom. The molecule has 5 heteroatoms. The van der Waals surface area contributed by atoms with E-state index in [9.17, 15) is 14.3 Å². The van der Waals surface area contributed by atoms with Crippen molar-refractivity contribution < 1.29 is 14.3 Å². The van der Waals surface area contributed by atoms with Gasteiger partial charge in [0, 0.05) is 11.3 Å². The number of nitrogens with zero attached hydrogens (tertiary/aromatic N) is 1. The number of aromatic amines is 1. The zero-order chi connectivity index (χ0) is 13.6. The fourth-order valence-corrected chi connectivity index (χ4v) is 2.25. The van der Waals surface area contributed by atoms with Gasteiger partial charge in [-0.05, 0) is 44.0 Å². The fraction of sp³-hybridized carbons (Fsp3) is 0.286. The monoisotopic (exact) mass is 260 g/mol. The van der Waals surface area contributed by atoms with Crippen molar-refractivity contribution in [1.82, 2.24) is 9.97 Å². The van der Waals surface area contributed by atoms with Gasteiger partial charge >= 0.3 is 5.97 Å². The molecule has 0 bridgehead atoms. The normalized spacial score (nSPS) is 16.3. The van der Waals surface area contributed by atoms with E-state index >= 15 is 0 Å². The Morgan fingerprint density at radius 1 is 1.37 bits per heavy atom. The van der Waals surface area contributed by atoms with Crippen LogP contribution in [0.4, 0.5) is 4.39 Å². The summed E-state index contributed by atoms with van der Waals surface area (Å²) in [5, 5.41) is 9.25. The van der Waals surface area contributed by atoms with Crippen LogP contribution in [0.5, 0.6) is 0 Å². The van der Waals surface area contributed by atoms with Crippen LogP contribution in [0.3, 0.4) is 0 Å². The molecule has 0 saturated heterocycles. The number of aliphatic carboxylic acids is 1. The van der Waals surface area contributed by atoms with E-state index in [0.29, 0.717) is 24.4 Å². The van der Waals surface area contributed by atoms with Crippen LogP contribution in [0.25, 0.3) is 11.3 Å². The molecular formula is C14H13FN2O2. The van der Waals surface area contributed by atoms with Gasteiger partial charge in [0.1, 0.15) is 17.1 Å². The largest absolute Gasteiger partial charge is 0.480 e. The van der Waals surface area contributed by atoms with Gasteiger partial charge < -0.3 is 10.1 Å². The minimum Gasteiger partial charge on any atom is -0.480 e. The lowest BCUT2D eigenvalue weighted by Gasteiger charge is -2.04. The number of carbonyl (C=O) groups is 1. The van der Waals surface area contributed by atoms with E-state index in [-0.39, 0.29) is 5.82 Å². The van der Waals surface area contributed by atoms with Crippen molar-refractivity contribution in [2.24, 2.45) is 0 Å². The number of nitrogens with one attached hydrogen (secondary N) is 1. The molecular weight excluding hydrogens is 247 g/mol. The highest BCUT2D eigenvalue weighted by molar-refractivity contribution is 5.84. The predicted molar refractivity (Wildman–Crippen MR) is 67.3 cm³/mol. The minimum absolute atomic E-state index is 0.304. The smallest absolute Gasteiger partial charge is 0.317 e. The van der Waals surface area contributed by atoms with Crippen LogP contribution >= 0.6 is 0 Å². The highest BCUT2D eigenvalue weighted by Crippen LogP contribution is 2.47. The standard InChI is InChI=1S/C14H13FN2O2/c1-8-11(9-2-4-10(15)5-3-9)17-12(16-8)14(6-7-14)13(18)19/h2-5H,6-7H2,1H3,(H,16,17)(H,18,19). The molecule has 4 nitrogen and oxygen atoms in total. The zero-order valence-electron chi connectivity index (χ0n) is 10.4. The average Bonchev–Trinajstić information content (AvgIpc) is 3.10. The molecule has 1 aromatic carbocycles. The second-order valence-electron chi connectivity index (χ2n) is 4.95. The van der Waals surface area contributed by atoms with Crippen LogP contribution < -0.4 is 0 Å². The van der Waals surface area contributed by atoms with E-state index in [1.807, 2.05) is 6.92 Å². The summed E-state index contributed by atoms with van der Waals surface area (Å²) in [5.74, 6) is -0.648. The fourth-order valence-electron chi connectivity index (χ4n) is 2.25. The van der Waals surface area contributed by atoms with E-state index in [1.165, 1.54) is 12.1 Å². The molecule has 1 heterocycles. The number of rotatable bonds is 3. The lowest BCUT2D eigenvalue weighted by atomic mass is 10.1. The van der Waals surface area contributed by atoms with Crippen molar-refractivity contribution in [2.75, 3.05) is 0 Å². The Labute approximate surface area is 109 Å². The van der Waals surface area contributed by atoms with Gasteiger partial charge in [0.05, 0.1) is 5.69 Å². The molecule has 0 spiro atoms. The zero-order valence-corrected chi connectivity index (χ0v) is 10.4. The number of aryl methyl sites for hydroxylation is 1. The Hall–Kier alpha value is -2.17. The second-order valence-corrected chi connectivity index (χ2v) is 4.95. The first-order valence-corrected chi connectivity index (χ1v) is 6.09. The van der Waals surface area contributed by atoms with E-state index < -0.39 is 11.4 Å². The molecule has 0 aliphatic heterocycles. The van der Waals surface area contributed by atoms with Crippen LogP contribution in [0, 0.1) is 12.7 Å². The van der Waals surface area contributed by atoms with Crippen molar-refractivity contribution in [3.05, 3.63) is 41.6 Å². The van der Waals surface area contributed by atoms with Crippen LogP contribution in [-0.4, -0.2) is 21.0 Å².